The number of hydrogen-bond donors (Lipinski definition) is 0. The fourth-order valence-electron chi connectivity index (χ4n) is 1.06. The summed E-state index contributed by atoms with van der Waals surface area (Å²) >= 11 is 7.68. The van der Waals surface area contributed by atoms with Crippen molar-refractivity contribution in [1.82, 2.24) is 10.2 Å². The summed E-state index contributed by atoms with van der Waals surface area (Å²) in [5, 5.41) is 7.62. The molecule has 1 aromatic rings. The van der Waals surface area contributed by atoms with Crippen LogP contribution in [0, 0.1) is 0 Å². The summed E-state index contributed by atoms with van der Waals surface area (Å²) < 4.78 is 23.8. The van der Waals surface area contributed by atoms with Gasteiger partial charge in [-0.1, -0.05) is 23.1 Å². The molecule has 0 bridgehead atoms. The van der Waals surface area contributed by atoms with Gasteiger partial charge in [0.2, 0.25) is 4.34 Å². The normalized spacial score (nSPS) is 11.9. The van der Waals surface area contributed by atoms with Crippen LogP contribution in [0.4, 0.5) is 0 Å². The van der Waals surface area contributed by atoms with Gasteiger partial charge in [-0.3, -0.25) is 4.57 Å². The summed E-state index contributed by atoms with van der Waals surface area (Å²) in [6.07, 6.45) is 0.367. The lowest BCUT2D eigenvalue weighted by Crippen LogP contribution is -2.01. The Balaban J connectivity index is 2.39. The van der Waals surface area contributed by atoms with Gasteiger partial charge in [0.15, 0.2) is 4.34 Å². The van der Waals surface area contributed by atoms with Gasteiger partial charge in [0.1, 0.15) is 0 Å². The van der Waals surface area contributed by atoms with Gasteiger partial charge in [-0.15, -0.1) is 10.2 Å². The Kier molecular flexibility index (Phi) is 6.91. The summed E-state index contributed by atoms with van der Waals surface area (Å²) in [5.74, 6) is 0.612. The van der Waals surface area contributed by atoms with E-state index in [0.29, 0.717) is 29.5 Å². The van der Waals surface area contributed by atoms with E-state index in [1.54, 1.807) is 13.8 Å². The minimum atomic E-state index is -2.94. The van der Waals surface area contributed by atoms with E-state index >= 15 is 0 Å². The molecule has 0 aromatic carbocycles. The molecular formula is C8H14N2O3PS3. The molecular weight excluding hydrogens is 299 g/mol. The Morgan fingerprint density at radius 3 is 2.47 bits per heavy atom. The van der Waals surface area contributed by atoms with Crippen LogP contribution in [-0.2, 0) is 13.6 Å². The highest BCUT2D eigenvalue weighted by Gasteiger charge is 2.23. The molecule has 9 heteroatoms. The van der Waals surface area contributed by atoms with Crippen LogP contribution in [0.2, 0.25) is 0 Å². The zero-order chi connectivity index (χ0) is 12.7. The Morgan fingerprint density at radius 1 is 1.35 bits per heavy atom. The SMILES string of the molecule is CCOP(=O)(CCSc1nnc([S])s1)OCC. The Hall–Kier alpha value is 0.280. The molecule has 1 radical (unpaired) electrons. The van der Waals surface area contributed by atoms with Crippen molar-refractivity contribution >= 4 is 43.3 Å². The second kappa shape index (κ2) is 7.66. The first-order valence-corrected chi connectivity index (χ1v) is 9.05. The first-order valence-electron chi connectivity index (χ1n) is 5.11. The summed E-state index contributed by atoms with van der Waals surface area (Å²) in [4.78, 5) is 0. The van der Waals surface area contributed by atoms with Gasteiger partial charge in [0.25, 0.3) is 0 Å². The van der Waals surface area contributed by atoms with Crippen molar-refractivity contribution in [3.8, 4) is 0 Å². The summed E-state index contributed by atoms with van der Waals surface area (Å²) in [7, 11) is -2.94. The molecule has 0 saturated carbocycles. The molecule has 0 unspecified atom stereocenters. The third-order valence-corrected chi connectivity index (χ3v) is 6.19. The molecule has 97 valence electrons. The van der Waals surface area contributed by atoms with E-state index in [-0.39, 0.29) is 0 Å². The van der Waals surface area contributed by atoms with Gasteiger partial charge in [-0.2, -0.15) is 0 Å². The van der Waals surface area contributed by atoms with Crippen LogP contribution in [0.3, 0.4) is 0 Å². The van der Waals surface area contributed by atoms with Gasteiger partial charge in [0, 0.05) is 5.75 Å². The molecule has 0 spiro atoms. The van der Waals surface area contributed by atoms with Crippen LogP contribution < -0.4 is 0 Å². The molecule has 0 N–H and O–H groups in total. The van der Waals surface area contributed by atoms with E-state index < -0.39 is 7.60 Å². The van der Waals surface area contributed by atoms with Gasteiger partial charge in [-0.25, -0.2) is 0 Å². The molecule has 0 amide bonds. The molecule has 0 aliphatic heterocycles. The lowest BCUT2D eigenvalue weighted by Gasteiger charge is -2.15. The van der Waals surface area contributed by atoms with Crippen LogP contribution in [-0.4, -0.2) is 35.3 Å². The second-order valence-corrected chi connectivity index (χ2v) is 8.00. The number of nitrogens with zero attached hydrogens (tertiary/aromatic N) is 2. The highest BCUT2D eigenvalue weighted by molar-refractivity contribution is 8.01. The average Bonchev–Trinajstić information content (AvgIpc) is 2.65. The third-order valence-electron chi connectivity index (χ3n) is 1.63. The summed E-state index contributed by atoms with van der Waals surface area (Å²) in [6.45, 7) is 4.37. The summed E-state index contributed by atoms with van der Waals surface area (Å²) in [6, 6.07) is 0. The van der Waals surface area contributed by atoms with E-state index in [1.807, 2.05) is 0 Å². The van der Waals surface area contributed by atoms with Crippen molar-refractivity contribution in [2.75, 3.05) is 25.1 Å². The van der Waals surface area contributed by atoms with E-state index in [4.69, 9.17) is 21.7 Å². The second-order valence-electron chi connectivity index (χ2n) is 2.85. The standard InChI is InChI=1S/C8H14N2O3PS3/c1-3-12-14(11,13-4-2)5-6-16-8-10-9-7(15)17-8/h3-6H2,1-2H3. The van der Waals surface area contributed by atoms with Gasteiger partial charge < -0.3 is 9.05 Å². The van der Waals surface area contributed by atoms with E-state index in [2.05, 4.69) is 10.2 Å². The number of hydrogen-bond acceptors (Lipinski definition) is 7. The predicted octanol–water partition coefficient (Wildman–Crippen LogP) is 3.45. The number of thioether (sulfide) groups is 1. The van der Waals surface area contributed by atoms with E-state index in [1.165, 1.54) is 23.1 Å². The minimum absolute atomic E-state index is 0.367. The Bertz CT molecular complexity index is 378. The highest BCUT2D eigenvalue weighted by atomic mass is 32.2. The maximum absolute atomic E-state index is 12.1. The molecule has 5 nitrogen and oxygen atoms in total. The molecule has 1 aromatic heterocycles. The fourth-order valence-corrected chi connectivity index (χ4v) is 5.18. The maximum Gasteiger partial charge on any atom is 0.331 e. The van der Waals surface area contributed by atoms with Crippen LogP contribution in [0.1, 0.15) is 13.8 Å². The Labute approximate surface area is 115 Å². The quantitative estimate of drug-likeness (QED) is 0.541. The van der Waals surface area contributed by atoms with Crippen molar-refractivity contribution in [2.45, 2.75) is 22.5 Å². The molecule has 0 aliphatic rings. The van der Waals surface area contributed by atoms with Crippen LogP contribution in [0.5, 0.6) is 0 Å². The molecule has 0 saturated heterocycles. The van der Waals surface area contributed by atoms with Crippen LogP contribution in [0.15, 0.2) is 8.68 Å². The number of aromatic nitrogens is 2. The first-order chi connectivity index (χ1) is 8.09. The zero-order valence-electron chi connectivity index (χ0n) is 9.62. The average molecular weight is 313 g/mol. The zero-order valence-corrected chi connectivity index (χ0v) is 13.0. The largest absolute Gasteiger partial charge is 0.331 e. The topological polar surface area (TPSA) is 61.3 Å². The van der Waals surface area contributed by atoms with Crippen molar-refractivity contribution in [1.29, 1.82) is 0 Å². The van der Waals surface area contributed by atoms with Gasteiger partial charge in [-0.05, 0) is 26.5 Å². The smallest absolute Gasteiger partial charge is 0.309 e. The molecule has 0 atom stereocenters. The minimum Gasteiger partial charge on any atom is -0.309 e. The van der Waals surface area contributed by atoms with Gasteiger partial charge >= 0.3 is 7.60 Å². The van der Waals surface area contributed by atoms with E-state index in [0.717, 1.165) is 4.34 Å². The fraction of sp³-hybridized carbons (Fsp3) is 0.750. The highest BCUT2D eigenvalue weighted by Crippen LogP contribution is 2.48. The first kappa shape index (κ1) is 15.3. The third kappa shape index (κ3) is 5.63. The molecule has 0 aliphatic carbocycles. The monoisotopic (exact) mass is 313 g/mol. The van der Waals surface area contributed by atoms with Crippen LogP contribution in [0.25, 0.3) is 0 Å². The summed E-state index contributed by atoms with van der Waals surface area (Å²) in [5.41, 5.74) is 0. The maximum atomic E-state index is 12.1. The van der Waals surface area contributed by atoms with Crippen molar-refractivity contribution in [2.24, 2.45) is 0 Å². The van der Waals surface area contributed by atoms with Crippen LogP contribution >= 0.6 is 43.3 Å². The lowest BCUT2D eigenvalue weighted by atomic mass is 10.9. The lowest BCUT2D eigenvalue weighted by molar-refractivity contribution is 0.221. The van der Waals surface area contributed by atoms with Crippen molar-refractivity contribution in [3.63, 3.8) is 0 Å². The predicted molar refractivity (Wildman–Crippen MR) is 72.2 cm³/mol. The molecule has 0 fully saturated rings. The molecule has 1 heterocycles. The van der Waals surface area contributed by atoms with Gasteiger partial charge in [0.05, 0.1) is 19.4 Å². The molecule has 1 rings (SSSR count). The molecule has 17 heavy (non-hydrogen) atoms. The van der Waals surface area contributed by atoms with Crippen molar-refractivity contribution < 1.29 is 13.6 Å². The number of rotatable bonds is 8. The Morgan fingerprint density at radius 2 is 2.00 bits per heavy atom. The van der Waals surface area contributed by atoms with Crippen molar-refractivity contribution in [3.05, 3.63) is 0 Å². The van der Waals surface area contributed by atoms with E-state index in [9.17, 15) is 4.57 Å².